The van der Waals surface area contributed by atoms with Gasteiger partial charge in [0, 0.05) is 34.1 Å². The maximum atomic E-state index is 13.5. The van der Waals surface area contributed by atoms with E-state index in [4.69, 9.17) is 23.2 Å². The van der Waals surface area contributed by atoms with Gasteiger partial charge in [0.15, 0.2) is 0 Å². The highest BCUT2D eigenvalue weighted by atomic mass is 35.5. The van der Waals surface area contributed by atoms with Crippen LogP contribution in [0.15, 0.2) is 66.1 Å². The van der Waals surface area contributed by atoms with Gasteiger partial charge in [-0.05, 0) is 59.7 Å². The topological polar surface area (TPSA) is 40.6 Å². The summed E-state index contributed by atoms with van der Waals surface area (Å²) < 4.78 is 0. The molecule has 33 heavy (non-hydrogen) atoms. The number of benzene rings is 2. The van der Waals surface area contributed by atoms with E-state index in [1.165, 1.54) is 11.0 Å². The third kappa shape index (κ3) is 5.32. The fraction of sp³-hybridized carbons (Fsp3) is 0.231. The summed E-state index contributed by atoms with van der Waals surface area (Å²) in [6.45, 7) is 2.90. The Hall–Kier alpha value is -2.60. The Morgan fingerprint density at radius 1 is 1.12 bits per heavy atom. The van der Waals surface area contributed by atoms with Crippen molar-refractivity contribution in [2.24, 2.45) is 0 Å². The second-order valence-corrected chi connectivity index (χ2v) is 9.65. The summed E-state index contributed by atoms with van der Waals surface area (Å²) in [5.74, 6) is -0.296. The van der Waals surface area contributed by atoms with Gasteiger partial charge in [0.05, 0.1) is 6.04 Å². The van der Waals surface area contributed by atoms with Crippen LogP contribution in [0.25, 0.3) is 6.08 Å². The molecule has 2 aromatic carbocycles. The Kier molecular flexibility index (Phi) is 7.53. The Morgan fingerprint density at radius 2 is 1.91 bits per heavy atom. The fourth-order valence-electron chi connectivity index (χ4n) is 4.08. The molecule has 0 radical (unpaired) electrons. The van der Waals surface area contributed by atoms with Gasteiger partial charge in [-0.15, -0.1) is 11.3 Å². The maximum Gasteiger partial charge on any atom is 0.247 e. The third-order valence-corrected chi connectivity index (χ3v) is 7.34. The first-order valence-corrected chi connectivity index (χ1v) is 12.4. The van der Waals surface area contributed by atoms with Gasteiger partial charge >= 0.3 is 0 Å². The molecular formula is C26H24Cl2N2O2S. The van der Waals surface area contributed by atoms with Crippen molar-refractivity contribution in [3.05, 3.63) is 97.7 Å². The van der Waals surface area contributed by atoms with Gasteiger partial charge in [-0.25, -0.2) is 0 Å². The van der Waals surface area contributed by atoms with E-state index in [1.807, 2.05) is 53.6 Å². The summed E-state index contributed by atoms with van der Waals surface area (Å²) in [4.78, 5) is 30.9. The minimum atomic E-state index is -0.300. The molecule has 4 nitrogen and oxygen atoms in total. The molecule has 1 unspecified atom stereocenters. The van der Waals surface area contributed by atoms with Crippen LogP contribution in [-0.4, -0.2) is 41.2 Å². The highest BCUT2D eigenvalue weighted by Gasteiger charge is 2.34. The quantitative estimate of drug-likeness (QED) is 0.385. The van der Waals surface area contributed by atoms with E-state index in [0.717, 1.165) is 23.1 Å². The lowest BCUT2D eigenvalue weighted by Crippen LogP contribution is -2.46. The molecule has 1 aliphatic heterocycles. The zero-order valence-corrected chi connectivity index (χ0v) is 20.5. The van der Waals surface area contributed by atoms with E-state index in [9.17, 15) is 9.59 Å². The van der Waals surface area contributed by atoms with Gasteiger partial charge < -0.3 is 9.80 Å². The van der Waals surface area contributed by atoms with E-state index in [-0.39, 0.29) is 24.4 Å². The second-order valence-electron chi connectivity index (χ2n) is 7.80. The van der Waals surface area contributed by atoms with E-state index >= 15 is 0 Å². The molecule has 3 aromatic rings. The molecular weight excluding hydrogens is 475 g/mol. The Balaban J connectivity index is 1.56. The summed E-state index contributed by atoms with van der Waals surface area (Å²) in [7, 11) is 0. The van der Waals surface area contributed by atoms with Crippen molar-refractivity contribution < 1.29 is 9.59 Å². The molecule has 2 heterocycles. The molecule has 1 aromatic heterocycles. The van der Waals surface area contributed by atoms with Gasteiger partial charge in [0.1, 0.15) is 6.54 Å². The number of hydrogen-bond donors (Lipinski definition) is 0. The van der Waals surface area contributed by atoms with Crippen molar-refractivity contribution >= 4 is 52.4 Å². The second kappa shape index (κ2) is 10.6. The van der Waals surface area contributed by atoms with E-state index in [0.29, 0.717) is 23.1 Å². The van der Waals surface area contributed by atoms with Gasteiger partial charge in [-0.1, -0.05) is 59.6 Å². The third-order valence-electron chi connectivity index (χ3n) is 5.78. The zero-order valence-electron chi connectivity index (χ0n) is 18.2. The van der Waals surface area contributed by atoms with Crippen molar-refractivity contribution in [2.45, 2.75) is 19.4 Å². The van der Waals surface area contributed by atoms with E-state index in [2.05, 4.69) is 6.07 Å². The molecule has 1 aliphatic rings. The van der Waals surface area contributed by atoms with Crippen LogP contribution in [0.2, 0.25) is 10.0 Å². The number of likely N-dealkylation sites (N-methyl/N-ethyl adjacent to an activating group) is 1. The highest BCUT2D eigenvalue weighted by Crippen LogP contribution is 2.41. The summed E-state index contributed by atoms with van der Waals surface area (Å²) in [5.41, 5.74) is 2.86. The molecule has 0 fully saturated rings. The number of nitrogens with zero attached hydrogens (tertiary/aromatic N) is 2. The first-order valence-electron chi connectivity index (χ1n) is 10.8. The van der Waals surface area contributed by atoms with E-state index in [1.54, 1.807) is 34.4 Å². The van der Waals surface area contributed by atoms with Gasteiger partial charge in [-0.3, -0.25) is 9.59 Å². The molecule has 1 atom stereocenters. The van der Waals surface area contributed by atoms with Gasteiger partial charge in [-0.2, -0.15) is 0 Å². The Bertz CT molecular complexity index is 1180. The molecule has 170 valence electrons. The number of fused-ring (bicyclic) bond motifs is 1. The van der Waals surface area contributed by atoms with Crippen LogP contribution in [0, 0.1) is 0 Å². The Labute approximate surface area is 208 Å². The predicted octanol–water partition coefficient (Wildman–Crippen LogP) is 6.09. The molecule has 4 rings (SSSR count). The molecule has 0 saturated heterocycles. The largest absolute Gasteiger partial charge is 0.330 e. The smallest absolute Gasteiger partial charge is 0.247 e. The van der Waals surface area contributed by atoms with Crippen LogP contribution in [0.1, 0.15) is 34.5 Å². The lowest BCUT2D eigenvalue weighted by atomic mass is 9.93. The van der Waals surface area contributed by atoms with Crippen LogP contribution >= 0.6 is 34.5 Å². The molecule has 0 spiro atoms. The van der Waals surface area contributed by atoms with Crippen molar-refractivity contribution in [1.29, 1.82) is 0 Å². The van der Waals surface area contributed by atoms with Crippen molar-refractivity contribution in [3.63, 3.8) is 0 Å². The molecule has 0 N–H and O–H groups in total. The first kappa shape index (κ1) is 23.6. The number of thiophene rings is 1. The van der Waals surface area contributed by atoms with Crippen LogP contribution in [0.3, 0.4) is 0 Å². The normalized spacial score (nSPS) is 15.5. The monoisotopic (exact) mass is 498 g/mol. The zero-order chi connectivity index (χ0) is 23.4. The Morgan fingerprint density at radius 3 is 2.64 bits per heavy atom. The number of carbonyl (C=O) groups is 2. The molecule has 0 saturated carbocycles. The number of halogens is 2. The van der Waals surface area contributed by atoms with E-state index < -0.39 is 0 Å². The molecule has 2 amide bonds. The summed E-state index contributed by atoms with van der Waals surface area (Å²) in [6, 6.07) is 16.8. The number of rotatable bonds is 6. The number of amides is 2. The van der Waals surface area contributed by atoms with Crippen LogP contribution in [-0.2, 0) is 16.0 Å². The van der Waals surface area contributed by atoms with Crippen LogP contribution in [0.4, 0.5) is 0 Å². The van der Waals surface area contributed by atoms with Crippen LogP contribution < -0.4 is 0 Å². The average molecular weight is 499 g/mol. The SMILES string of the molecule is CCN(CC(=O)N1CCc2sccc2C1c1ccc(Cl)cc1Cl)C(=O)/C=C/c1ccccc1. The highest BCUT2D eigenvalue weighted by molar-refractivity contribution is 7.10. The van der Waals surface area contributed by atoms with Crippen molar-refractivity contribution in [1.82, 2.24) is 9.80 Å². The standard InChI is InChI=1S/C26H24Cl2N2O2S/c1-2-29(24(31)11-8-18-6-4-3-5-7-18)17-25(32)30-14-12-23-21(13-15-33-23)26(30)20-10-9-19(27)16-22(20)28/h3-11,13,15-16,26H,2,12,14,17H2,1H3/b11-8+. The lowest BCUT2D eigenvalue weighted by molar-refractivity contribution is -0.139. The predicted molar refractivity (Wildman–Crippen MR) is 136 cm³/mol. The number of carbonyl (C=O) groups excluding carboxylic acids is 2. The maximum absolute atomic E-state index is 13.5. The molecule has 0 bridgehead atoms. The molecule has 7 heteroatoms. The van der Waals surface area contributed by atoms with Gasteiger partial charge in [0.25, 0.3) is 0 Å². The lowest BCUT2D eigenvalue weighted by Gasteiger charge is -2.37. The average Bonchev–Trinajstić information content (AvgIpc) is 3.30. The summed E-state index contributed by atoms with van der Waals surface area (Å²) >= 11 is 14.4. The fourth-order valence-corrected chi connectivity index (χ4v) is 5.50. The number of hydrogen-bond acceptors (Lipinski definition) is 3. The summed E-state index contributed by atoms with van der Waals surface area (Å²) in [6.07, 6.45) is 4.07. The summed E-state index contributed by atoms with van der Waals surface area (Å²) in [5, 5.41) is 3.13. The van der Waals surface area contributed by atoms with Gasteiger partial charge in [0.2, 0.25) is 11.8 Å². The van der Waals surface area contributed by atoms with Crippen molar-refractivity contribution in [3.8, 4) is 0 Å². The first-order chi connectivity index (χ1) is 16.0. The van der Waals surface area contributed by atoms with Crippen LogP contribution in [0.5, 0.6) is 0 Å². The van der Waals surface area contributed by atoms with Crippen molar-refractivity contribution in [2.75, 3.05) is 19.6 Å². The minimum absolute atomic E-state index is 0.00957. The minimum Gasteiger partial charge on any atom is -0.330 e. The molecule has 0 aliphatic carbocycles.